The quantitative estimate of drug-likeness (QED) is 0.766. The molecule has 0 saturated heterocycles. The second-order valence-electron chi connectivity index (χ2n) is 4.71. The second-order valence-corrected chi connectivity index (χ2v) is 4.71. The third-order valence-electron chi connectivity index (χ3n) is 3.10. The first-order valence-corrected chi connectivity index (χ1v) is 6.46. The molecule has 6 nitrogen and oxygen atoms in total. The fourth-order valence-electron chi connectivity index (χ4n) is 2.15. The average Bonchev–Trinajstić information content (AvgIpc) is 2.89. The molecular weight excluding hydrogens is 270 g/mol. The van der Waals surface area contributed by atoms with Gasteiger partial charge < -0.3 is 14.8 Å². The van der Waals surface area contributed by atoms with Crippen LogP contribution in [-0.2, 0) is 6.54 Å². The molecule has 3 rings (SSSR count). The van der Waals surface area contributed by atoms with Gasteiger partial charge in [0.05, 0.1) is 17.8 Å². The zero-order chi connectivity index (χ0) is 14.8. The van der Waals surface area contributed by atoms with E-state index in [-0.39, 0.29) is 18.0 Å². The maximum absolute atomic E-state index is 12.3. The van der Waals surface area contributed by atoms with E-state index >= 15 is 0 Å². The van der Waals surface area contributed by atoms with Gasteiger partial charge in [0.15, 0.2) is 5.76 Å². The molecule has 1 aromatic carbocycles. The van der Waals surface area contributed by atoms with Crippen LogP contribution in [0.5, 0.6) is 0 Å². The van der Waals surface area contributed by atoms with Crippen LogP contribution >= 0.6 is 0 Å². The van der Waals surface area contributed by atoms with Crippen molar-refractivity contribution >= 4 is 16.8 Å². The number of aromatic nitrogens is 2. The monoisotopic (exact) mass is 283 g/mol. The maximum Gasteiger partial charge on any atom is 0.252 e. The second kappa shape index (κ2) is 5.24. The van der Waals surface area contributed by atoms with Gasteiger partial charge in [0.2, 0.25) is 5.56 Å². The van der Waals surface area contributed by atoms with Gasteiger partial charge in [-0.05, 0) is 13.0 Å². The van der Waals surface area contributed by atoms with Gasteiger partial charge in [-0.15, -0.1) is 0 Å². The van der Waals surface area contributed by atoms with Crippen LogP contribution < -0.4 is 10.9 Å². The molecule has 0 spiro atoms. The first kappa shape index (κ1) is 13.1. The van der Waals surface area contributed by atoms with E-state index in [1.54, 1.807) is 31.2 Å². The summed E-state index contributed by atoms with van der Waals surface area (Å²) in [6.45, 7) is 2.03. The van der Waals surface area contributed by atoms with Gasteiger partial charge in [-0.1, -0.05) is 23.4 Å². The Balaban J connectivity index is 1.89. The smallest absolute Gasteiger partial charge is 0.252 e. The number of aromatic amines is 1. The summed E-state index contributed by atoms with van der Waals surface area (Å²) in [6, 6.07) is 10.2. The summed E-state index contributed by atoms with van der Waals surface area (Å²) in [6.07, 6.45) is 0. The van der Waals surface area contributed by atoms with E-state index in [1.807, 2.05) is 6.07 Å². The Hall–Kier alpha value is -2.89. The van der Waals surface area contributed by atoms with Crippen molar-refractivity contribution < 1.29 is 9.32 Å². The van der Waals surface area contributed by atoms with Gasteiger partial charge in [0.25, 0.3) is 5.91 Å². The van der Waals surface area contributed by atoms with Gasteiger partial charge in [-0.25, -0.2) is 0 Å². The number of carbonyl (C=O) groups is 1. The Morgan fingerprint density at radius 1 is 1.33 bits per heavy atom. The number of hydrogen-bond acceptors (Lipinski definition) is 4. The number of pyridine rings is 1. The largest absolute Gasteiger partial charge is 0.359 e. The van der Waals surface area contributed by atoms with Crippen LogP contribution in [0.2, 0.25) is 0 Å². The van der Waals surface area contributed by atoms with E-state index in [1.165, 1.54) is 6.07 Å². The minimum Gasteiger partial charge on any atom is -0.359 e. The molecule has 21 heavy (non-hydrogen) atoms. The average molecular weight is 283 g/mol. The summed E-state index contributed by atoms with van der Waals surface area (Å²) in [5, 5.41) is 7.17. The van der Waals surface area contributed by atoms with Crippen LogP contribution in [0.15, 0.2) is 45.7 Å². The Kier molecular flexibility index (Phi) is 3.27. The zero-order valence-electron chi connectivity index (χ0n) is 11.3. The van der Waals surface area contributed by atoms with Gasteiger partial charge in [0, 0.05) is 23.0 Å². The molecule has 1 amide bonds. The highest BCUT2D eigenvalue weighted by Gasteiger charge is 2.12. The number of fused-ring (bicyclic) bond motifs is 1. The van der Waals surface area contributed by atoms with E-state index < -0.39 is 0 Å². The topological polar surface area (TPSA) is 88.0 Å². The molecule has 0 bridgehead atoms. The van der Waals surface area contributed by atoms with Crippen LogP contribution in [0.1, 0.15) is 21.8 Å². The first-order chi connectivity index (χ1) is 10.1. The maximum atomic E-state index is 12.3. The number of benzene rings is 1. The van der Waals surface area contributed by atoms with Gasteiger partial charge in [-0.2, -0.15) is 0 Å². The van der Waals surface area contributed by atoms with Crippen molar-refractivity contribution in [3.8, 4) is 0 Å². The number of hydrogen-bond donors (Lipinski definition) is 2. The first-order valence-electron chi connectivity index (χ1n) is 6.46. The van der Waals surface area contributed by atoms with Crippen molar-refractivity contribution in [2.24, 2.45) is 0 Å². The van der Waals surface area contributed by atoms with Crippen LogP contribution in [0, 0.1) is 6.92 Å². The number of amides is 1. The Bertz CT molecular complexity index is 864. The number of para-hydroxylation sites is 1. The lowest BCUT2D eigenvalue weighted by Gasteiger charge is -2.06. The fraction of sp³-hybridized carbons (Fsp3) is 0.133. The predicted octanol–water partition coefficient (Wildman–Crippen LogP) is 1.75. The third-order valence-corrected chi connectivity index (χ3v) is 3.10. The number of aryl methyl sites for hydroxylation is 1. The van der Waals surface area contributed by atoms with E-state index in [4.69, 9.17) is 4.52 Å². The summed E-state index contributed by atoms with van der Waals surface area (Å²) in [4.78, 5) is 26.6. The molecule has 6 heteroatoms. The number of rotatable bonds is 3. The van der Waals surface area contributed by atoms with Crippen molar-refractivity contribution in [2.75, 3.05) is 0 Å². The summed E-state index contributed by atoms with van der Waals surface area (Å²) in [7, 11) is 0. The predicted molar refractivity (Wildman–Crippen MR) is 77.0 cm³/mol. The van der Waals surface area contributed by atoms with E-state index in [0.29, 0.717) is 22.2 Å². The lowest BCUT2D eigenvalue weighted by molar-refractivity contribution is 0.0948. The van der Waals surface area contributed by atoms with E-state index in [9.17, 15) is 9.59 Å². The van der Waals surface area contributed by atoms with Crippen LogP contribution in [-0.4, -0.2) is 16.0 Å². The summed E-state index contributed by atoms with van der Waals surface area (Å²) >= 11 is 0. The Morgan fingerprint density at radius 2 is 2.14 bits per heavy atom. The van der Waals surface area contributed by atoms with Crippen LogP contribution in [0.4, 0.5) is 0 Å². The van der Waals surface area contributed by atoms with Crippen molar-refractivity contribution in [1.29, 1.82) is 0 Å². The minimum absolute atomic E-state index is 0.223. The summed E-state index contributed by atoms with van der Waals surface area (Å²) in [5.74, 6) is 0.237. The number of H-pyrrole nitrogens is 1. The third kappa shape index (κ3) is 2.69. The molecule has 2 heterocycles. The summed E-state index contributed by atoms with van der Waals surface area (Å²) < 4.78 is 5.03. The highest BCUT2D eigenvalue weighted by Crippen LogP contribution is 2.14. The molecule has 0 aliphatic carbocycles. The summed E-state index contributed by atoms with van der Waals surface area (Å²) in [5.41, 5.74) is 1.41. The number of carbonyl (C=O) groups excluding carboxylic acids is 1. The van der Waals surface area contributed by atoms with Crippen molar-refractivity contribution in [1.82, 2.24) is 15.5 Å². The lowest BCUT2D eigenvalue weighted by atomic mass is 10.1. The highest BCUT2D eigenvalue weighted by molar-refractivity contribution is 6.05. The van der Waals surface area contributed by atoms with Crippen LogP contribution in [0.25, 0.3) is 10.9 Å². The molecule has 0 fully saturated rings. The van der Waals surface area contributed by atoms with Crippen molar-refractivity contribution in [3.05, 3.63) is 63.8 Å². The highest BCUT2D eigenvalue weighted by atomic mass is 16.5. The standard InChI is InChI=1S/C15H13N3O3/c1-9-6-10(21-18-9)8-16-15(20)12-7-14(19)17-13-5-3-2-4-11(12)13/h2-7H,8H2,1H3,(H,16,20)(H,17,19). The molecule has 0 saturated carbocycles. The molecule has 0 aliphatic rings. The van der Waals surface area contributed by atoms with Crippen molar-refractivity contribution in [3.63, 3.8) is 0 Å². The molecule has 0 aliphatic heterocycles. The van der Waals surface area contributed by atoms with E-state index in [2.05, 4.69) is 15.5 Å². The fourth-order valence-corrected chi connectivity index (χ4v) is 2.15. The molecule has 2 N–H and O–H groups in total. The molecule has 2 aromatic heterocycles. The zero-order valence-corrected chi connectivity index (χ0v) is 11.3. The molecule has 106 valence electrons. The molecule has 0 atom stereocenters. The minimum atomic E-state index is -0.327. The van der Waals surface area contributed by atoms with Gasteiger partial charge in [-0.3, -0.25) is 9.59 Å². The molecule has 3 aromatic rings. The number of nitrogens with zero attached hydrogens (tertiary/aromatic N) is 1. The lowest BCUT2D eigenvalue weighted by Crippen LogP contribution is -2.24. The SMILES string of the molecule is Cc1cc(CNC(=O)c2cc(=O)[nH]c3ccccc23)on1. The van der Waals surface area contributed by atoms with Crippen molar-refractivity contribution in [2.45, 2.75) is 13.5 Å². The van der Waals surface area contributed by atoms with E-state index in [0.717, 1.165) is 5.69 Å². The molecule has 0 radical (unpaired) electrons. The normalized spacial score (nSPS) is 10.7. The van der Waals surface area contributed by atoms with Gasteiger partial charge in [0.1, 0.15) is 0 Å². The molecular formula is C15H13N3O3. The number of nitrogens with one attached hydrogen (secondary N) is 2. The Morgan fingerprint density at radius 3 is 2.90 bits per heavy atom. The molecule has 0 unspecified atom stereocenters. The Labute approximate surface area is 119 Å². The van der Waals surface area contributed by atoms with Gasteiger partial charge >= 0.3 is 0 Å². The van der Waals surface area contributed by atoms with Crippen LogP contribution in [0.3, 0.4) is 0 Å².